The van der Waals surface area contributed by atoms with Gasteiger partial charge in [-0.1, -0.05) is 47.4 Å². The van der Waals surface area contributed by atoms with Crippen molar-refractivity contribution in [1.29, 1.82) is 0 Å². The summed E-state index contributed by atoms with van der Waals surface area (Å²) in [6.45, 7) is 6.52. The lowest BCUT2D eigenvalue weighted by molar-refractivity contribution is 0.478. The Bertz CT molecular complexity index is 608. The molecule has 0 atom stereocenters. The minimum atomic E-state index is 0.526. The SMILES string of the molecule is Cc1cc(Oc2ccc(Cl)cc2CBr)ccc1C(C)C. The highest BCUT2D eigenvalue weighted by Gasteiger charge is 2.08. The van der Waals surface area contributed by atoms with Gasteiger partial charge in [-0.05, 0) is 54.3 Å². The van der Waals surface area contributed by atoms with Gasteiger partial charge in [0.25, 0.3) is 0 Å². The Labute approximate surface area is 134 Å². The summed E-state index contributed by atoms with van der Waals surface area (Å²) in [7, 11) is 0. The first-order chi connectivity index (χ1) is 9.51. The molecule has 0 spiro atoms. The second-order valence-electron chi connectivity index (χ2n) is 5.16. The molecule has 0 aromatic heterocycles. The van der Waals surface area contributed by atoms with Crippen molar-refractivity contribution >= 4 is 27.5 Å². The first kappa shape index (κ1) is 15.4. The van der Waals surface area contributed by atoms with Crippen molar-refractivity contribution in [3.8, 4) is 11.5 Å². The van der Waals surface area contributed by atoms with Crippen LogP contribution in [0.1, 0.15) is 36.5 Å². The molecule has 1 nitrogen and oxygen atoms in total. The number of benzene rings is 2. The minimum absolute atomic E-state index is 0.526. The smallest absolute Gasteiger partial charge is 0.131 e. The number of aryl methyl sites for hydroxylation is 1. The van der Waals surface area contributed by atoms with Crippen LogP contribution in [-0.2, 0) is 5.33 Å². The van der Waals surface area contributed by atoms with Crippen molar-refractivity contribution in [1.82, 2.24) is 0 Å². The normalized spacial score (nSPS) is 10.9. The number of alkyl halides is 1. The summed E-state index contributed by atoms with van der Waals surface area (Å²) in [6.07, 6.45) is 0. The van der Waals surface area contributed by atoms with E-state index in [9.17, 15) is 0 Å². The zero-order valence-electron chi connectivity index (χ0n) is 11.9. The van der Waals surface area contributed by atoms with Crippen LogP contribution >= 0.6 is 27.5 Å². The van der Waals surface area contributed by atoms with Crippen LogP contribution in [0.3, 0.4) is 0 Å². The standard InChI is InChI=1S/C17H18BrClO/c1-11(2)16-6-5-15(8-12(16)3)20-17-7-4-14(19)9-13(17)10-18/h4-9,11H,10H2,1-3H3. The second kappa shape index (κ2) is 6.64. The van der Waals surface area contributed by atoms with E-state index >= 15 is 0 Å². The van der Waals surface area contributed by atoms with Crippen molar-refractivity contribution in [2.24, 2.45) is 0 Å². The van der Waals surface area contributed by atoms with E-state index in [2.05, 4.69) is 48.8 Å². The van der Waals surface area contributed by atoms with Gasteiger partial charge in [0.15, 0.2) is 0 Å². The number of rotatable bonds is 4. The molecule has 0 bridgehead atoms. The minimum Gasteiger partial charge on any atom is -0.457 e. The molecule has 3 heteroatoms. The van der Waals surface area contributed by atoms with E-state index in [0.29, 0.717) is 11.2 Å². The predicted octanol–water partition coefficient (Wildman–Crippen LogP) is 6.46. The van der Waals surface area contributed by atoms with Crippen LogP contribution < -0.4 is 4.74 Å². The summed E-state index contributed by atoms with van der Waals surface area (Å²) < 4.78 is 5.98. The summed E-state index contributed by atoms with van der Waals surface area (Å²) in [5.41, 5.74) is 3.66. The second-order valence-corrected chi connectivity index (χ2v) is 6.16. The number of hydrogen-bond donors (Lipinski definition) is 0. The Morgan fingerprint density at radius 1 is 1.15 bits per heavy atom. The van der Waals surface area contributed by atoms with Gasteiger partial charge in [0.1, 0.15) is 11.5 Å². The lowest BCUT2D eigenvalue weighted by atomic mass is 9.98. The Hall–Kier alpha value is -0.990. The summed E-state index contributed by atoms with van der Waals surface area (Å²) in [5, 5.41) is 1.43. The van der Waals surface area contributed by atoms with Crippen LogP contribution in [0, 0.1) is 6.92 Å². The van der Waals surface area contributed by atoms with Crippen molar-refractivity contribution < 1.29 is 4.74 Å². The molecule has 2 rings (SSSR count). The van der Waals surface area contributed by atoms with Gasteiger partial charge in [-0.2, -0.15) is 0 Å². The van der Waals surface area contributed by atoms with Crippen LogP contribution in [0.5, 0.6) is 11.5 Å². The molecule has 0 amide bonds. The van der Waals surface area contributed by atoms with E-state index in [-0.39, 0.29) is 0 Å². The largest absolute Gasteiger partial charge is 0.457 e. The molecule has 2 aromatic carbocycles. The van der Waals surface area contributed by atoms with Gasteiger partial charge in [-0.3, -0.25) is 0 Å². The lowest BCUT2D eigenvalue weighted by Crippen LogP contribution is -1.94. The fraction of sp³-hybridized carbons (Fsp3) is 0.294. The van der Waals surface area contributed by atoms with Crippen LogP contribution in [0.15, 0.2) is 36.4 Å². The average Bonchev–Trinajstić information content (AvgIpc) is 2.40. The fourth-order valence-electron chi connectivity index (χ4n) is 2.24. The first-order valence-corrected chi connectivity index (χ1v) is 8.14. The molecule has 0 radical (unpaired) electrons. The van der Waals surface area contributed by atoms with Gasteiger partial charge in [0.05, 0.1) is 0 Å². The third-order valence-corrected chi connectivity index (χ3v) is 4.10. The maximum absolute atomic E-state index is 6.00. The molecule has 0 unspecified atom stereocenters. The molecule has 0 aliphatic rings. The predicted molar refractivity (Wildman–Crippen MR) is 89.4 cm³/mol. The summed E-state index contributed by atoms with van der Waals surface area (Å²) in [6, 6.07) is 11.9. The molecule has 2 aromatic rings. The van der Waals surface area contributed by atoms with E-state index in [1.807, 2.05) is 24.3 Å². The Morgan fingerprint density at radius 3 is 2.50 bits per heavy atom. The van der Waals surface area contributed by atoms with Gasteiger partial charge in [0.2, 0.25) is 0 Å². The Balaban J connectivity index is 2.28. The van der Waals surface area contributed by atoms with Crippen molar-refractivity contribution in [3.63, 3.8) is 0 Å². The Morgan fingerprint density at radius 2 is 1.90 bits per heavy atom. The highest BCUT2D eigenvalue weighted by Crippen LogP contribution is 2.31. The summed E-state index contributed by atoms with van der Waals surface area (Å²) in [4.78, 5) is 0. The van der Waals surface area contributed by atoms with E-state index in [4.69, 9.17) is 16.3 Å². The van der Waals surface area contributed by atoms with Crippen LogP contribution in [-0.4, -0.2) is 0 Å². The zero-order chi connectivity index (χ0) is 14.7. The lowest BCUT2D eigenvalue weighted by Gasteiger charge is -2.14. The summed E-state index contributed by atoms with van der Waals surface area (Å²) >= 11 is 9.47. The highest BCUT2D eigenvalue weighted by atomic mass is 79.9. The van der Waals surface area contributed by atoms with Crippen LogP contribution in [0.4, 0.5) is 0 Å². The van der Waals surface area contributed by atoms with E-state index in [0.717, 1.165) is 22.1 Å². The molecular weight excluding hydrogens is 336 g/mol. The molecule has 20 heavy (non-hydrogen) atoms. The topological polar surface area (TPSA) is 9.23 Å². The molecule has 106 valence electrons. The van der Waals surface area contributed by atoms with Crippen molar-refractivity contribution in [2.75, 3.05) is 0 Å². The highest BCUT2D eigenvalue weighted by molar-refractivity contribution is 9.08. The quantitative estimate of drug-likeness (QED) is 0.573. The maximum Gasteiger partial charge on any atom is 0.131 e. The number of halogens is 2. The maximum atomic E-state index is 6.00. The monoisotopic (exact) mass is 352 g/mol. The first-order valence-electron chi connectivity index (χ1n) is 6.64. The van der Waals surface area contributed by atoms with Gasteiger partial charge in [0, 0.05) is 15.9 Å². The summed E-state index contributed by atoms with van der Waals surface area (Å²) in [5.74, 6) is 2.22. The molecule has 0 heterocycles. The Kier molecular flexibility index (Phi) is 5.11. The molecular formula is C17H18BrClO. The van der Waals surface area contributed by atoms with E-state index < -0.39 is 0 Å². The molecule has 0 N–H and O–H groups in total. The fourth-order valence-corrected chi connectivity index (χ4v) is 2.87. The third-order valence-electron chi connectivity index (χ3n) is 3.26. The number of hydrogen-bond acceptors (Lipinski definition) is 1. The van der Waals surface area contributed by atoms with Gasteiger partial charge in [-0.15, -0.1) is 0 Å². The number of ether oxygens (including phenoxy) is 1. The molecule has 0 aliphatic carbocycles. The average molecular weight is 354 g/mol. The molecule has 0 fully saturated rings. The van der Waals surface area contributed by atoms with Crippen molar-refractivity contribution in [3.05, 3.63) is 58.1 Å². The van der Waals surface area contributed by atoms with Gasteiger partial charge >= 0.3 is 0 Å². The van der Waals surface area contributed by atoms with Crippen LogP contribution in [0.2, 0.25) is 5.02 Å². The van der Waals surface area contributed by atoms with Crippen molar-refractivity contribution in [2.45, 2.75) is 32.0 Å². The van der Waals surface area contributed by atoms with E-state index in [1.54, 1.807) is 0 Å². The molecule has 0 saturated carbocycles. The van der Waals surface area contributed by atoms with E-state index in [1.165, 1.54) is 11.1 Å². The zero-order valence-corrected chi connectivity index (χ0v) is 14.3. The third kappa shape index (κ3) is 3.56. The molecule has 0 aliphatic heterocycles. The molecule has 0 saturated heterocycles. The van der Waals surface area contributed by atoms with Crippen LogP contribution in [0.25, 0.3) is 0 Å². The van der Waals surface area contributed by atoms with Gasteiger partial charge in [-0.25, -0.2) is 0 Å². The van der Waals surface area contributed by atoms with Gasteiger partial charge < -0.3 is 4.74 Å².